The fourth-order valence-corrected chi connectivity index (χ4v) is 20.0. The van der Waals surface area contributed by atoms with E-state index in [1.165, 1.54) is 55.1 Å². The largest absolute Gasteiger partial charge is 2.00 e. The first-order valence-corrected chi connectivity index (χ1v) is 47.9. The van der Waals surface area contributed by atoms with E-state index in [1.54, 1.807) is 26.4 Å². The van der Waals surface area contributed by atoms with Crippen molar-refractivity contribution in [3.05, 3.63) is 52.3 Å². The third-order valence-electron chi connectivity index (χ3n) is 16.7. The fraction of sp³-hybridized carbons (Fsp3) is 0.774. The van der Waals surface area contributed by atoms with E-state index in [0.29, 0.717) is 44.9 Å². The first-order valence-electron chi connectivity index (χ1n) is 33.2. The average Bonchev–Trinajstić information content (AvgIpc) is 1.80. The van der Waals surface area contributed by atoms with Crippen molar-refractivity contribution < 1.29 is 140 Å². The molecule has 45 heteroatoms. The van der Waals surface area contributed by atoms with Crippen molar-refractivity contribution in [3.63, 3.8) is 0 Å². The molecule has 107 heavy (non-hydrogen) atoms. The van der Waals surface area contributed by atoms with Gasteiger partial charge in [-0.2, -0.15) is 15.2 Å². The quantitative estimate of drug-likeness (QED) is 0.0192. The van der Waals surface area contributed by atoms with Crippen molar-refractivity contribution in [1.29, 1.82) is 0 Å². The van der Waals surface area contributed by atoms with Crippen LogP contribution in [0.4, 0.5) is 0 Å². The van der Waals surface area contributed by atoms with Crippen molar-refractivity contribution in [2.45, 2.75) is 250 Å². The summed E-state index contributed by atoms with van der Waals surface area (Å²) >= 11 is 6.92. The van der Waals surface area contributed by atoms with Gasteiger partial charge in [0, 0.05) is 90.7 Å². The Morgan fingerprint density at radius 2 is 0.841 bits per heavy atom. The summed E-state index contributed by atoms with van der Waals surface area (Å²) < 4.78 is 107. The molecule has 3 amide bonds. The zero-order valence-corrected chi connectivity index (χ0v) is 99.5. The normalized spacial score (nSPS) is 25.5. The van der Waals surface area contributed by atoms with E-state index >= 15 is 0 Å². The number of carbonyl (C=O) groups excluding carboxylic acids is 6. The molecule has 6 heterocycles. The molecule has 6 rings (SSSR count). The standard InChI is InChI=1S/C23H42NO9PSSi.C17H33O6PSSi.C16H26NO10PS.C6H9NO3.6Ba.6H/c1-9-18-19(10-13-28-18)32-34(27,35-15-12-22(26)24(6)31-17(2)25)30-16-21-20(11-14-29-21)33-36(7,8)23(3,4)5;1-7-13-14(8-10-19-13)22-24(18,25)21-12-16-15(9-11-20-16)23-26(5,6)17(2,3)4;1-11(19)26-17(2)16(21)5-8-29-28(22,25-10-15-12(20)3-6-24-15)27-13-4-7-23-14(13)9-18;1-4-6(9)7(3)10-5(2)8;;;;;;;;;;;;/h13-14,18-21H,9-12,15-16H2,1-8H3;10-11,13-16H,7-9,12H2,1-6H3,(H,18,25);6-7,12-15,18,20H,3-5,8-10H2,1-2H3;4H,1H2,2-3H3;;;;;;;;;;;;/q3*-2;;6*+2;6*-1/t18-,19-,20-,21-,34+;13-,14-,15-,16-,24?;12-,13-,14-,15-,28+;;;;;;;;;;;;;/m111............./s1. The summed E-state index contributed by atoms with van der Waals surface area (Å²) in [4.78, 5) is 91.2. The summed E-state index contributed by atoms with van der Waals surface area (Å²) in [5.74, 6) is -2.92. The second-order valence-electron chi connectivity index (χ2n) is 26.8. The summed E-state index contributed by atoms with van der Waals surface area (Å²) in [6.07, 6.45) is 0.749. The molecule has 0 spiro atoms. The summed E-state index contributed by atoms with van der Waals surface area (Å²) in [5.41, 5.74) is 0. The third-order valence-corrected chi connectivity index (χ3v) is 34.8. The monoisotopic (exact) mass is 2420 g/mol. The van der Waals surface area contributed by atoms with Crippen LogP contribution in [0.25, 0.3) is 0 Å². The molecule has 6 aliphatic rings. The van der Waals surface area contributed by atoms with Gasteiger partial charge in [-0.15, -0.1) is 38.5 Å². The van der Waals surface area contributed by atoms with E-state index in [0.717, 1.165) is 50.4 Å². The molecular formula is C62H116Ba6N3O28P3S3Si2. The number of carbonyl (C=O) groups is 6. The number of amides is 3. The number of nitrogens with zero attached hydrogens (tertiary/aromatic N) is 3. The molecule has 0 bridgehead atoms. The number of aliphatic hydroxyl groups is 2. The SMILES string of the molecule is C=CC(=O)N(C)OC(C)=O.CC(=O)ON(C)C(=O)CCS[P@@](=O)(OC[C@H]1O[CH-]C[C@H]1O)O[C@@H]1C[CH-]O[C@@H]1CO.CC[C@H]1O[CH-]C[C@H]1OP(O)(=S)OC[C@H]1O[CH-]C[C@H]1O[Si](C)(C)C(C)(C)C.CC[C@H]1O[CH-]C[C@H]1O[P@](=O)(OC[C@H]1O[CH-]C[C@H]1O[Si](C)(C)C(C)(C)C)SCCC(=O)N(C)OC(C)=O.[Ba+2].[Ba+2].[Ba+2].[Ba+2].[Ba+2].[Ba+2].[H-].[H-].[H-].[H-].[H-].[H-]. The molecular weight excluding hydrogens is 2300 g/mol. The molecule has 6 saturated heterocycles. The molecule has 600 valence electrons. The maximum Gasteiger partial charge on any atom is 2.00 e. The van der Waals surface area contributed by atoms with Crippen LogP contribution in [0.15, 0.2) is 12.7 Å². The Hall–Kier alpha value is 7.55. The minimum absolute atomic E-state index is 0. The van der Waals surface area contributed by atoms with Crippen LogP contribution < -0.4 is 0 Å². The third kappa shape index (κ3) is 46.4. The molecule has 0 saturated carbocycles. The van der Waals surface area contributed by atoms with E-state index in [9.17, 15) is 53.0 Å². The molecule has 0 radical (unpaired) electrons. The van der Waals surface area contributed by atoms with Gasteiger partial charge in [0.25, 0.3) is 17.7 Å². The first-order chi connectivity index (χ1) is 46.9. The number of hydrogen-bond donors (Lipinski definition) is 3. The Balaban J connectivity index is -0.000000159. The first kappa shape index (κ1) is 121. The average molecular weight is 2420 g/mol. The Morgan fingerprint density at radius 1 is 0.533 bits per heavy atom. The predicted molar refractivity (Wildman–Crippen MR) is 424 cm³/mol. The molecule has 3 N–H and O–H groups in total. The van der Waals surface area contributed by atoms with Gasteiger partial charge in [0.1, 0.15) is 0 Å². The van der Waals surface area contributed by atoms with E-state index in [-0.39, 0.29) is 399 Å². The minimum atomic E-state index is -3.79. The van der Waals surface area contributed by atoms with E-state index in [2.05, 4.69) is 84.0 Å². The Labute approximate surface area is 900 Å². The van der Waals surface area contributed by atoms with Crippen LogP contribution in [0.2, 0.25) is 36.3 Å². The topological polar surface area (TPSA) is 364 Å². The van der Waals surface area contributed by atoms with Crippen LogP contribution in [-0.2, 0) is 129 Å². The van der Waals surface area contributed by atoms with Gasteiger partial charge < -0.3 is 84.5 Å². The fourth-order valence-electron chi connectivity index (χ4n) is 8.99. The maximum atomic E-state index is 13.8. The van der Waals surface area contributed by atoms with Crippen LogP contribution in [0.1, 0.15) is 149 Å². The van der Waals surface area contributed by atoms with Gasteiger partial charge >= 0.3 is 332 Å². The smallest absolute Gasteiger partial charge is 1.00 e. The Morgan fingerprint density at radius 3 is 1.18 bits per heavy atom. The molecule has 6 aliphatic heterocycles. The van der Waals surface area contributed by atoms with Crippen molar-refractivity contribution in [3.8, 4) is 0 Å². The van der Waals surface area contributed by atoms with Gasteiger partial charge in [-0.3, -0.25) is 46.9 Å². The molecule has 6 fully saturated rings. The number of aliphatic hydroxyl groups excluding tert-OH is 2. The second kappa shape index (κ2) is 60.2. The van der Waals surface area contributed by atoms with Crippen LogP contribution in [0, 0.1) is 39.6 Å². The molecule has 0 aromatic carbocycles. The van der Waals surface area contributed by atoms with Crippen molar-refractivity contribution in [1.82, 2.24) is 15.2 Å². The number of hydrogen-bond acceptors (Lipinski definition) is 30. The summed E-state index contributed by atoms with van der Waals surface area (Å²) in [5, 5.41) is 21.8. The van der Waals surface area contributed by atoms with Crippen molar-refractivity contribution in [2.24, 2.45) is 0 Å². The van der Waals surface area contributed by atoms with E-state index < -0.39 is 109 Å². The molecule has 31 nitrogen and oxygen atoms in total. The van der Waals surface area contributed by atoms with Crippen LogP contribution in [-0.4, -0.2) is 508 Å². The molecule has 0 aromatic heterocycles. The van der Waals surface area contributed by atoms with Gasteiger partial charge in [0.05, 0.1) is 75.3 Å². The molecule has 0 aromatic rings. The zero-order valence-electron chi connectivity index (χ0n) is 71.7. The molecule has 15 atom stereocenters. The second-order valence-corrected chi connectivity index (χ2v) is 47.4. The van der Waals surface area contributed by atoms with Crippen molar-refractivity contribution in [2.75, 3.05) is 59.1 Å². The summed E-state index contributed by atoms with van der Waals surface area (Å²) in [6, 6.07) is 0. The van der Waals surface area contributed by atoms with Gasteiger partial charge in [-0.1, -0.05) is 62.0 Å². The number of likely N-dealkylation sites (N-methyl/N-ethyl adjacent to an activating group) is 1. The predicted octanol–water partition coefficient (Wildman–Crippen LogP) is 8.87. The van der Waals surface area contributed by atoms with Gasteiger partial charge in [0.15, 0.2) is 16.6 Å². The number of ether oxygens (including phenoxy) is 6. The molecule has 1 unspecified atom stereocenters. The van der Waals surface area contributed by atoms with Gasteiger partial charge in [-0.05, 0) is 89.8 Å². The van der Waals surface area contributed by atoms with Gasteiger partial charge in [-0.25, -0.2) is 48.8 Å². The Bertz CT molecular complexity index is 2830. The van der Waals surface area contributed by atoms with Crippen LogP contribution in [0.5, 0.6) is 0 Å². The Kier molecular flexibility index (Phi) is 68.0. The van der Waals surface area contributed by atoms with Crippen molar-refractivity contribution >= 4 is 400 Å². The van der Waals surface area contributed by atoms with E-state index in [1.807, 2.05) is 13.8 Å². The molecule has 0 aliphatic carbocycles. The van der Waals surface area contributed by atoms with E-state index in [4.69, 9.17) is 81.1 Å². The number of hydroxylamine groups is 6. The van der Waals surface area contributed by atoms with Gasteiger partial charge in [0.2, 0.25) is 0 Å². The number of rotatable bonds is 31. The van der Waals surface area contributed by atoms with Crippen LogP contribution in [0.3, 0.4) is 0 Å². The summed E-state index contributed by atoms with van der Waals surface area (Å²) in [6.45, 7) is 31.2. The van der Waals surface area contributed by atoms with Crippen LogP contribution >= 0.6 is 43.1 Å². The zero-order chi connectivity index (χ0) is 76.3. The minimum Gasteiger partial charge on any atom is -1.00 e. The maximum absolute atomic E-state index is 13.8. The summed E-state index contributed by atoms with van der Waals surface area (Å²) in [7, 11) is 0.0311.